The van der Waals surface area contributed by atoms with Gasteiger partial charge < -0.3 is 10.5 Å². The third-order valence-corrected chi connectivity index (χ3v) is 2.53. The van der Waals surface area contributed by atoms with Crippen LogP contribution in [0, 0.1) is 11.3 Å². The van der Waals surface area contributed by atoms with E-state index in [1.54, 1.807) is 12.1 Å². The zero-order valence-corrected chi connectivity index (χ0v) is 9.07. The van der Waals surface area contributed by atoms with Crippen molar-refractivity contribution in [3.05, 3.63) is 35.4 Å². The van der Waals surface area contributed by atoms with E-state index >= 15 is 0 Å². The molecule has 2 aromatic rings. The lowest BCUT2D eigenvalue weighted by molar-refractivity contribution is 0.302. The first-order valence-electron chi connectivity index (χ1n) is 4.49. The zero-order chi connectivity index (χ0) is 11.4. The van der Waals surface area contributed by atoms with Crippen molar-refractivity contribution in [2.45, 2.75) is 6.61 Å². The lowest BCUT2D eigenvalue weighted by atomic mass is 10.2. The number of hydrogen-bond donors (Lipinski definition) is 1. The molecule has 0 aliphatic carbocycles. The Hall–Kier alpha value is -2.13. The monoisotopic (exact) mass is 232 g/mol. The molecule has 1 aromatic heterocycles. The van der Waals surface area contributed by atoms with E-state index in [1.807, 2.05) is 12.1 Å². The average Bonchev–Trinajstić information content (AvgIpc) is 2.73. The Morgan fingerprint density at radius 2 is 2.06 bits per heavy atom. The van der Waals surface area contributed by atoms with Gasteiger partial charge in [-0.15, -0.1) is 5.10 Å². The largest absolute Gasteiger partial charge is 0.464 e. The van der Waals surface area contributed by atoms with Gasteiger partial charge in [-0.25, -0.2) is 0 Å². The number of ether oxygens (including phenoxy) is 1. The highest BCUT2D eigenvalue weighted by molar-refractivity contribution is 7.16. The molecule has 0 amide bonds. The van der Waals surface area contributed by atoms with Gasteiger partial charge in [-0.1, -0.05) is 17.2 Å². The standard InChI is InChI=1S/C10H8N4OS/c11-5-7-1-3-8(4-2-7)6-15-10-14-13-9(12)16-10/h1-4H,6H2,(H2,12,13). The Labute approximate surface area is 96.1 Å². The molecular formula is C10H8N4OS. The van der Waals surface area contributed by atoms with Gasteiger partial charge in [-0.2, -0.15) is 5.26 Å². The average molecular weight is 232 g/mol. The zero-order valence-electron chi connectivity index (χ0n) is 8.25. The number of aromatic nitrogens is 2. The minimum absolute atomic E-state index is 0.384. The highest BCUT2D eigenvalue weighted by atomic mass is 32.1. The van der Waals surface area contributed by atoms with Crippen LogP contribution in [-0.4, -0.2) is 10.2 Å². The highest BCUT2D eigenvalue weighted by Gasteiger charge is 2.02. The van der Waals surface area contributed by atoms with Crippen molar-refractivity contribution in [1.29, 1.82) is 5.26 Å². The van der Waals surface area contributed by atoms with Gasteiger partial charge in [0.2, 0.25) is 5.13 Å². The number of benzene rings is 1. The molecule has 1 heterocycles. The molecule has 2 N–H and O–H groups in total. The summed E-state index contributed by atoms with van der Waals surface area (Å²) in [5, 5.41) is 16.8. The lowest BCUT2D eigenvalue weighted by Gasteiger charge is -2.01. The fourth-order valence-corrected chi connectivity index (χ4v) is 1.56. The first kappa shape index (κ1) is 10.4. The molecule has 16 heavy (non-hydrogen) atoms. The van der Waals surface area contributed by atoms with Crippen molar-refractivity contribution >= 4 is 16.5 Å². The van der Waals surface area contributed by atoms with Gasteiger partial charge in [0.1, 0.15) is 6.61 Å². The summed E-state index contributed by atoms with van der Waals surface area (Å²) in [7, 11) is 0. The summed E-state index contributed by atoms with van der Waals surface area (Å²) < 4.78 is 5.37. The first-order chi connectivity index (χ1) is 7.78. The molecule has 2 rings (SSSR count). The van der Waals surface area contributed by atoms with E-state index in [4.69, 9.17) is 15.7 Å². The fraction of sp³-hybridized carbons (Fsp3) is 0.100. The Morgan fingerprint density at radius 3 is 2.62 bits per heavy atom. The molecule has 6 heteroatoms. The molecule has 0 fully saturated rings. The fourth-order valence-electron chi connectivity index (χ4n) is 1.10. The molecule has 0 saturated carbocycles. The Balaban J connectivity index is 1.97. The maximum atomic E-state index is 8.63. The summed E-state index contributed by atoms with van der Waals surface area (Å²) >= 11 is 1.20. The maximum absolute atomic E-state index is 8.63. The number of hydrogen-bond acceptors (Lipinski definition) is 6. The summed E-state index contributed by atoms with van der Waals surface area (Å²) in [5.74, 6) is 0. The Morgan fingerprint density at radius 1 is 1.31 bits per heavy atom. The van der Waals surface area contributed by atoms with Gasteiger partial charge in [-0.05, 0) is 29.0 Å². The molecule has 0 unspecified atom stereocenters. The second-order valence-corrected chi connectivity index (χ2v) is 3.98. The van der Waals surface area contributed by atoms with Crippen LogP contribution in [0.4, 0.5) is 5.13 Å². The van der Waals surface area contributed by atoms with Crippen molar-refractivity contribution in [3.8, 4) is 11.3 Å². The van der Waals surface area contributed by atoms with Crippen molar-refractivity contribution in [2.75, 3.05) is 5.73 Å². The molecule has 0 aliphatic heterocycles. The highest BCUT2D eigenvalue weighted by Crippen LogP contribution is 2.20. The second-order valence-electron chi connectivity index (χ2n) is 3.00. The van der Waals surface area contributed by atoms with E-state index in [2.05, 4.69) is 16.3 Å². The number of nitrogens with zero attached hydrogens (tertiary/aromatic N) is 3. The molecule has 0 saturated heterocycles. The van der Waals surface area contributed by atoms with Gasteiger partial charge in [0.05, 0.1) is 11.6 Å². The number of nitrogen functional groups attached to an aromatic ring is 1. The van der Waals surface area contributed by atoms with Crippen LogP contribution in [-0.2, 0) is 6.61 Å². The van der Waals surface area contributed by atoms with Gasteiger partial charge >= 0.3 is 0 Å². The van der Waals surface area contributed by atoms with Crippen LogP contribution in [0.2, 0.25) is 0 Å². The quantitative estimate of drug-likeness (QED) is 0.868. The summed E-state index contributed by atoms with van der Waals surface area (Å²) in [6, 6.07) is 9.21. The van der Waals surface area contributed by atoms with Crippen molar-refractivity contribution in [3.63, 3.8) is 0 Å². The number of nitriles is 1. The molecular weight excluding hydrogens is 224 g/mol. The SMILES string of the molecule is N#Cc1ccc(COc2nnc(N)s2)cc1. The van der Waals surface area contributed by atoms with E-state index in [0.717, 1.165) is 5.56 Å². The Kier molecular flexibility index (Phi) is 2.98. The smallest absolute Gasteiger partial charge is 0.296 e. The van der Waals surface area contributed by atoms with E-state index in [1.165, 1.54) is 11.3 Å². The van der Waals surface area contributed by atoms with E-state index in [0.29, 0.717) is 22.5 Å². The maximum Gasteiger partial charge on any atom is 0.296 e. The second kappa shape index (κ2) is 4.59. The summed E-state index contributed by atoms with van der Waals surface area (Å²) in [6.07, 6.45) is 0. The van der Waals surface area contributed by atoms with Crippen LogP contribution in [0.1, 0.15) is 11.1 Å². The van der Waals surface area contributed by atoms with Crippen molar-refractivity contribution in [2.24, 2.45) is 0 Å². The molecule has 0 radical (unpaired) electrons. The molecule has 0 atom stereocenters. The first-order valence-corrected chi connectivity index (χ1v) is 5.30. The van der Waals surface area contributed by atoms with Crippen LogP contribution in [0.15, 0.2) is 24.3 Å². The molecule has 0 bridgehead atoms. The van der Waals surface area contributed by atoms with Crippen molar-refractivity contribution in [1.82, 2.24) is 10.2 Å². The number of anilines is 1. The molecule has 5 nitrogen and oxygen atoms in total. The predicted molar refractivity (Wildman–Crippen MR) is 59.8 cm³/mol. The lowest BCUT2D eigenvalue weighted by Crippen LogP contribution is -1.94. The van der Waals surface area contributed by atoms with Gasteiger partial charge in [0, 0.05) is 0 Å². The van der Waals surface area contributed by atoms with Crippen LogP contribution >= 0.6 is 11.3 Å². The van der Waals surface area contributed by atoms with E-state index in [9.17, 15) is 0 Å². The third kappa shape index (κ3) is 2.46. The summed E-state index contributed by atoms with van der Waals surface area (Å²) in [6.45, 7) is 0.389. The summed E-state index contributed by atoms with van der Waals surface area (Å²) in [4.78, 5) is 0. The normalized spacial score (nSPS) is 9.69. The van der Waals surface area contributed by atoms with Crippen LogP contribution in [0.25, 0.3) is 0 Å². The molecule has 80 valence electrons. The van der Waals surface area contributed by atoms with Gasteiger partial charge in [0.15, 0.2) is 0 Å². The number of nitrogens with two attached hydrogens (primary N) is 1. The van der Waals surface area contributed by atoms with Crippen LogP contribution in [0.5, 0.6) is 5.19 Å². The van der Waals surface area contributed by atoms with Crippen LogP contribution in [0.3, 0.4) is 0 Å². The van der Waals surface area contributed by atoms with Gasteiger partial charge in [-0.3, -0.25) is 0 Å². The van der Waals surface area contributed by atoms with Gasteiger partial charge in [0.25, 0.3) is 5.19 Å². The predicted octanol–water partition coefficient (Wildman–Crippen LogP) is 1.57. The molecule has 0 aliphatic rings. The molecule has 0 spiro atoms. The summed E-state index contributed by atoms with van der Waals surface area (Å²) in [5.41, 5.74) is 7.01. The van der Waals surface area contributed by atoms with E-state index < -0.39 is 0 Å². The molecule has 1 aromatic carbocycles. The number of rotatable bonds is 3. The Bertz CT molecular complexity index is 514. The van der Waals surface area contributed by atoms with Crippen LogP contribution < -0.4 is 10.5 Å². The van der Waals surface area contributed by atoms with Crippen molar-refractivity contribution < 1.29 is 4.74 Å². The third-order valence-electron chi connectivity index (χ3n) is 1.87. The topological polar surface area (TPSA) is 84.8 Å². The van der Waals surface area contributed by atoms with E-state index in [-0.39, 0.29) is 0 Å². The minimum atomic E-state index is 0.384. The minimum Gasteiger partial charge on any atom is -0.464 e.